The van der Waals surface area contributed by atoms with Crippen molar-refractivity contribution in [3.63, 3.8) is 0 Å². The molecule has 2 heterocycles. The van der Waals surface area contributed by atoms with Gasteiger partial charge in [-0.15, -0.1) is 0 Å². The Balaban J connectivity index is 2.04. The number of nitrogens with zero attached hydrogens (tertiary/aromatic N) is 4. The number of rotatable bonds is 4. The lowest BCUT2D eigenvalue weighted by Gasteiger charge is -2.34. The van der Waals surface area contributed by atoms with Gasteiger partial charge in [0, 0.05) is 31.5 Å². The number of allylic oxidation sites excluding steroid dienone is 1. The number of piperidine rings is 1. The number of nitrogens with two attached hydrogens (primary N) is 1. The molecular formula is C15H24ClN5. The molecule has 0 amide bonds. The molecule has 0 bridgehead atoms. The molecule has 2 rings (SSSR count). The molecule has 21 heavy (non-hydrogen) atoms. The molecule has 1 saturated heterocycles. The molecule has 0 unspecified atom stereocenters. The third-order valence-electron chi connectivity index (χ3n) is 3.98. The fourth-order valence-electron chi connectivity index (χ4n) is 2.63. The number of aliphatic imine (C=N–C) groups is 1. The second-order valence-electron chi connectivity index (χ2n) is 5.75. The molecule has 1 aromatic rings. The Hall–Kier alpha value is -1.33. The second-order valence-corrected chi connectivity index (χ2v) is 6.19. The van der Waals surface area contributed by atoms with Crippen LogP contribution < -0.4 is 5.73 Å². The number of hydrogen-bond donors (Lipinski definition) is 1. The number of halogens is 1. The molecule has 116 valence electrons. The highest BCUT2D eigenvalue weighted by molar-refractivity contribution is 6.39. The summed E-state index contributed by atoms with van der Waals surface area (Å²) in [7, 11) is 0. The molecule has 0 aliphatic carbocycles. The minimum absolute atomic E-state index is 0.424. The van der Waals surface area contributed by atoms with Gasteiger partial charge in [-0.2, -0.15) is 5.10 Å². The van der Waals surface area contributed by atoms with Gasteiger partial charge in [0.15, 0.2) is 0 Å². The maximum Gasteiger partial charge on any atom is 0.104 e. The highest BCUT2D eigenvalue weighted by Gasteiger charge is 2.23. The Morgan fingerprint density at radius 3 is 2.71 bits per heavy atom. The van der Waals surface area contributed by atoms with E-state index in [9.17, 15) is 0 Å². The predicted molar refractivity (Wildman–Crippen MR) is 88.2 cm³/mol. The van der Waals surface area contributed by atoms with Crippen LogP contribution >= 0.6 is 11.6 Å². The minimum atomic E-state index is 0.424. The summed E-state index contributed by atoms with van der Waals surface area (Å²) in [5.74, 6) is 0. The zero-order chi connectivity index (χ0) is 15.4. The first kappa shape index (κ1) is 16.0. The Labute approximate surface area is 131 Å². The van der Waals surface area contributed by atoms with Crippen LogP contribution in [0.2, 0.25) is 0 Å². The van der Waals surface area contributed by atoms with E-state index in [1.54, 1.807) is 6.21 Å². The molecule has 2 N–H and O–H groups in total. The van der Waals surface area contributed by atoms with Gasteiger partial charge in [-0.25, -0.2) is 0 Å². The average molecular weight is 310 g/mol. The van der Waals surface area contributed by atoms with Gasteiger partial charge in [0.25, 0.3) is 0 Å². The standard InChI is InChI=1S/C15H24ClN5/c1-11(2)20-6-4-14(5-7-20)21-10-15(12(3)19-21)18-9-13(16)8-17/h8-11,14H,4-7,17H2,1-3H3/b13-8-,18-9-. The van der Waals surface area contributed by atoms with Crippen molar-refractivity contribution >= 4 is 23.5 Å². The molecule has 1 fully saturated rings. The first-order valence-electron chi connectivity index (χ1n) is 7.42. The highest BCUT2D eigenvalue weighted by Crippen LogP contribution is 2.26. The maximum absolute atomic E-state index is 5.82. The van der Waals surface area contributed by atoms with E-state index in [0.717, 1.165) is 37.3 Å². The van der Waals surface area contributed by atoms with Crippen molar-refractivity contribution < 1.29 is 0 Å². The summed E-state index contributed by atoms with van der Waals surface area (Å²) in [4.78, 5) is 6.85. The lowest BCUT2D eigenvalue weighted by Crippen LogP contribution is -2.39. The average Bonchev–Trinajstić information content (AvgIpc) is 2.86. The Morgan fingerprint density at radius 1 is 1.48 bits per heavy atom. The van der Waals surface area contributed by atoms with Crippen LogP contribution in [0.25, 0.3) is 0 Å². The third kappa shape index (κ3) is 4.08. The van der Waals surface area contributed by atoms with Gasteiger partial charge in [-0.3, -0.25) is 9.67 Å². The minimum Gasteiger partial charge on any atom is -0.403 e. The Bertz CT molecular complexity index is 524. The smallest absolute Gasteiger partial charge is 0.104 e. The summed E-state index contributed by atoms with van der Waals surface area (Å²) in [6, 6.07) is 1.08. The van der Waals surface area contributed by atoms with Crippen molar-refractivity contribution in [2.45, 2.75) is 45.7 Å². The zero-order valence-electron chi connectivity index (χ0n) is 13.0. The van der Waals surface area contributed by atoms with Crippen LogP contribution in [0.4, 0.5) is 5.69 Å². The fraction of sp³-hybridized carbons (Fsp3) is 0.600. The first-order chi connectivity index (χ1) is 10.0. The van der Waals surface area contributed by atoms with Crippen molar-refractivity contribution in [3.05, 3.63) is 23.1 Å². The summed E-state index contributed by atoms with van der Waals surface area (Å²) in [5.41, 5.74) is 7.09. The van der Waals surface area contributed by atoms with Crippen molar-refractivity contribution in [2.24, 2.45) is 10.7 Å². The second kappa shape index (κ2) is 7.09. The third-order valence-corrected chi connectivity index (χ3v) is 4.20. The van der Waals surface area contributed by atoms with E-state index in [1.807, 2.05) is 13.1 Å². The summed E-state index contributed by atoms with van der Waals surface area (Å²) < 4.78 is 2.06. The van der Waals surface area contributed by atoms with Gasteiger partial charge in [0.1, 0.15) is 5.69 Å². The molecule has 0 saturated carbocycles. The largest absolute Gasteiger partial charge is 0.403 e. The molecule has 5 nitrogen and oxygen atoms in total. The van der Waals surface area contributed by atoms with E-state index in [2.05, 4.69) is 33.5 Å². The van der Waals surface area contributed by atoms with Crippen LogP contribution in [0, 0.1) is 6.92 Å². The summed E-state index contributed by atoms with van der Waals surface area (Å²) >= 11 is 5.82. The molecule has 1 aliphatic heterocycles. The Kier molecular flexibility index (Phi) is 5.42. The highest BCUT2D eigenvalue weighted by atomic mass is 35.5. The molecule has 1 aliphatic rings. The van der Waals surface area contributed by atoms with E-state index in [0.29, 0.717) is 17.1 Å². The van der Waals surface area contributed by atoms with Gasteiger partial charge in [0.2, 0.25) is 0 Å². The van der Waals surface area contributed by atoms with E-state index < -0.39 is 0 Å². The van der Waals surface area contributed by atoms with Crippen LogP contribution in [-0.4, -0.2) is 40.0 Å². The lowest BCUT2D eigenvalue weighted by molar-refractivity contribution is 0.147. The van der Waals surface area contributed by atoms with Crippen LogP contribution in [-0.2, 0) is 0 Å². The number of aromatic nitrogens is 2. The fourth-order valence-corrected chi connectivity index (χ4v) is 2.68. The van der Waals surface area contributed by atoms with E-state index >= 15 is 0 Å². The quantitative estimate of drug-likeness (QED) is 0.870. The van der Waals surface area contributed by atoms with E-state index in [-0.39, 0.29) is 0 Å². The lowest BCUT2D eigenvalue weighted by atomic mass is 10.0. The predicted octanol–water partition coefficient (Wildman–Crippen LogP) is 2.98. The first-order valence-corrected chi connectivity index (χ1v) is 7.80. The Morgan fingerprint density at radius 2 is 2.14 bits per heavy atom. The molecule has 0 aromatic carbocycles. The monoisotopic (exact) mass is 309 g/mol. The SMILES string of the molecule is Cc1nn(C2CCN(C(C)C)CC2)cc1/N=C\C(Cl)=C\N. The molecule has 6 heteroatoms. The summed E-state index contributed by atoms with van der Waals surface area (Å²) in [6.07, 6.45) is 7.14. The molecular weight excluding hydrogens is 286 g/mol. The van der Waals surface area contributed by atoms with E-state index in [4.69, 9.17) is 17.3 Å². The van der Waals surface area contributed by atoms with Crippen molar-refractivity contribution in [3.8, 4) is 0 Å². The van der Waals surface area contributed by atoms with Gasteiger partial charge >= 0.3 is 0 Å². The number of hydrogen-bond acceptors (Lipinski definition) is 4. The van der Waals surface area contributed by atoms with Crippen LogP contribution in [0.5, 0.6) is 0 Å². The normalized spacial score (nSPS) is 19.0. The maximum atomic E-state index is 5.82. The molecule has 0 atom stereocenters. The van der Waals surface area contributed by atoms with Crippen LogP contribution in [0.1, 0.15) is 38.4 Å². The summed E-state index contributed by atoms with van der Waals surface area (Å²) in [6.45, 7) is 8.72. The number of aryl methyl sites for hydroxylation is 1. The molecule has 1 aromatic heterocycles. The van der Waals surface area contributed by atoms with Gasteiger partial charge in [-0.1, -0.05) is 11.6 Å². The van der Waals surface area contributed by atoms with Crippen molar-refractivity contribution in [1.29, 1.82) is 0 Å². The van der Waals surface area contributed by atoms with Gasteiger partial charge in [-0.05, 0) is 33.6 Å². The van der Waals surface area contributed by atoms with Gasteiger partial charge < -0.3 is 10.6 Å². The van der Waals surface area contributed by atoms with Crippen LogP contribution in [0.3, 0.4) is 0 Å². The van der Waals surface area contributed by atoms with E-state index in [1.165, 1.54) is 6.20 Å². The van der Waals surface area contributed by atoms with Crippen molar-refractivity contribution in [1.82, 2.24) is 14.7 Å². The van der Waals surface area contributed by atoms with Gasteiger partial charge in [0.05, 0.1) is 23.0 Å². The molecule has 0 spiro atoms. The molecule has 0 radical (unpaired) electrons. The topological polar surface area (TPSA) is 59.4 Å². The van der Waals surface area contributed by atoms with Crippen LogP contribution in [0.15, 0.2) is 22.4 Å². The summed E-state index contributed by atoms with van der Waals surface area (Å²) in [5, 5.41) is 5.02. The zero-order valence-corrected chi connectivity index (χ0v) is 13.7. The van der Waals surface area contributed by atoms with Crippen molar-refractivity contribution in [2.75, 3.05) is 13.1 Å². The number of likely N-dealkylation sites (tertiary alicyclic amines) is 1.